The van der Waals surface area contributed by atoms with Gasteiger partial charge < -0.3 is 5.32 Å². The number of amides is 1. The normalized spacial score (nSPS) is 10.8. The quantitative estimate of drug-likeness (QED) is 0.751. The maximum Gasteiger partial charge on any atom is 0.269 e. The van der Waals surface area contributed by atoms with Gasteiger partial charge in [-0.2, -0.15) is 0 Å². The number of nitrogens with zero attached hydrogens (tertiary/aromatic N) is 2. The topological polar surface area (TPSA) is 64.0 Å². The zero-order chi connectivity index (χ0) is 17.6. The molecule has 1 heterocycles. The van der Waals surface area contributed by atoms with Crippen LogP contribution in [0.3, 0.4) is 0 Å². The second-order valence-corrected chi connectivity index (χ2v) is 6.02. The van der Waals surface area contributed by atoms with Crippen LogP contribution in [0, 0.1) is 0 Å². The number of unbranched alkanes of at least 4 members (excludes halogenated alkanes) is 1. The SMILES string of the molecule is CCCCc1ccc(NC(=O)Cn2c(=O)cnc3ccccc32)cc1. The molecule has 0 saturated heterocycles. The zero-order valence-corrected chi connectivity index (χ0v) is 14.2. The minimum Gasteiger partial charge on any atom is -0.325 e. The Balaban J connectivity index is 1.73. The van der Waals surface area contributed by atoms with Gasteiger partial charge in [-0.1, -0.05) is 37.6 Å². The number of anilines is 1. The lowest BCUT2D eigenvalue weighted by Crippen LogP contribution is -2.27. The molecule has 0 spiro atoms. The van der Waals surface area contributed by atoms with Gasteiger partial charge in [-0.15, -0.1) is 0 Å². The Morgan fingerprint density at radius 2 is 1.88 bits per heavy atom. The third-order valence-electron chi connectivity index (χ3n) is 4.11. The molecule has 0 radical (unpaired) electrons. The van der Waals surface area contributed by atoms with E-state index in [0.29, 0.717) is 11.0 Å². The predicted octanol–water partition coefficient (Wildman–Crippen LogP) is 3.38. The largest absolute Gasteiger partial charge is 0.325 e. The van der Waals surface area contributed by atoms with Crippen LogP contribution in [-0.4, -0.2) is 15.5 Å². The van der Waals surface area contributed by atoms with E-state index in [1.807, 2.05) is 42.5 Å². The first kappa shape index (κ1) is 16.9. The van der Waals surface area contributed by atoms with Crippen molar-refractivity contribution >= 4 is 22.6 Å². The summed E-state index contributed by atoms with van der Waals surface area (Å²) in [7, 11) is 0. The number of para-hydroxylation sites is 2. The molecule has 2 aromatic carbocycles. The van der Waals surface area contributed by atoms with Crippen molar-refractivity contribution in [2.75, 3.05) is 5.32 Å². The fourth-order valence-electron chi connectivity index (χ4n) is 2.76. The minimum absolute atomic E-state index is 0.0422. The Labute approximate surface area is 146 Å². The highest BCUT2D eigenvalue weighted by molar-refractivity contribution is 5.91. The molecule has 1 N–H and O–H groups in total. The Hall–Kier alpha value is -2.95. The lowest BCUT2D eigenvalue weighted by molar-refractivity contribution is -0.116. The van der Waals surface area contributed by atoms with Gasteiger partial charge >= 0.3 is 0 Å². The summed E-state index contributed by atoms with van der Waals surface area (Å²) in [4.78, 5) is 28.5. The van der Waals surface area contributed by atoms with Crippen LogP contribution in [0.1, 0.15) is 25.3 Å². The molecule has 25 heavy (non-hydrogen) atoms. The molecular weight excluding hydrogens is 314 g/mol. The van der Waals surface area contributed by atoms with E-state index in [1.165, 1.54) is 16.3 Å². The summed E-state index contributed by atoms with van der Waals surface area (Å²) in [6.45, 7) is 2.12. The summed E-state index contributed by atoms with van der Waals surface area (Å²) < 4.78 is 1.44. The summed E-state index contributed by atoms with van der Waals surface area (Å²) in [5, 5.41) is 2.85. The molecule has 0 fully saturated rings. The second kappa shape index (κ2) is 7.75. The number of aromatic nitrogens is 2. The van der Waals surface area contributed by atoms with Crippen molar-refractivity contribution in [3.05, 3.63) is 70.6 Å². The summed E-state index contributed by atoms with van der Waals surface area (Å²) in [5.41, 5.74) is 3.05. The smallest absolute Gasteiger partial charge is 0.269 e. The van der Waals surface area contributed by atoms with Gasteiger partial charge in [-0.3, -0.25) is 14.2 Å². The van der Waals surface area contributed by atoms with Crippen LogP contribution in [0.2, 0.25) is 0 Å². The molecule has 0 aliphatic carbocycles. The molecule has 5 heteroatoms. The number of nitrogens with one attached hydrogen (secondary N) is 1. The van der Waals surface area contributed by atoms with Crippen LogP contribution < -0.4 is 10.9 Å². The van der Waals surface area contributed by atoms with Gasteiger partial charge in [0.25, 0.3) is 5.56 Å². The lowest BCUT2D eigenvalue weighted by atomic mass is 10.1. The van der Waals surface area contributed by atoms with Crippen molar-refractivity contribution in [2.24, 2.45) is 0 Å². The molecule has 0 aliphatic rings. The fraction of sp³-hybridized carbons (Fsp3) is 0.250. The minimum atomic E-state index is -0.288. The van der Waals surface area contributed by atoms with Gasteiger partial charge in [0.05, 0.1) is 17.2 Å². The van der Waals surface area contributed by atoms with Crippen molar-refractivity contribution < 1.29 is 4.79 Å². The average molecular weight is 335 g/mol. The Bertz CT molecular complexity index is 930. The van der Waals surface area contributed by atoms with E-state index in [4.69, 9.17) is 0 Å². The van der Waals surface area contributed by atoms with Crippen molar-refractivity contribution in [3.63, 3.8) is 0 Å². The van der Waals surface area contributed by atoms with E-state index < -0.39 is 0 Å². The number of rotatable bonds is 6. The first-order chi connectivity index (χ1) is 12.2. The average Bonchev–Trinajstić information content (AvgIpc) is 2.63. The van der Waals surface area contributed by atoms with Crippen molar-refractivity contribution in [2.45, 2.75) is 32.7 Å². The van der Waals surface area contributed by atoms with E-state index in [-0.39, 0.29) is 18.0 Å². The standard InChI is InChI=1S/C20H21N3O2/c1-2-3-6-15-9-11-16(12-10-15)22-19(24)14-23-18-8-5-4-7-17(18)21-13-20(23)25/h4-5,7-13H,2-3,6,14H2,1H3,(H,22,24). The lowest BCUT2D eigenvalue weighted by Gasteiger charge is -2.10. The third kappa shape index (κ3) is 4.12. The van der Waals surface area contributed by atoms with Crippen LogP contribution in [0.25, 0.3) is 11.0 Å². The van der Waals surface area contributed by atoms with Crippen molar-refractivity contribution in [1.82, 2.24) is 9.55 Å². The van der Waals surface area contributed by atoms with E-state index in [9.17, 15) is 9.59 Å². The van der Waals surface area contributed by atoms with Crippen LogP contribution in [0.5, 0.6) is 0 Å². The maximum atomic E-state index is 12.3. The molecule has 3 aromatic rings. The van der Waals surface area contributed by atoms with Gasteiger partial charge in [-0.05, 0) is 42.7 Å². The summed E-state index contributed by atoms with van der Waals surface area (Å²) in [5.74, 6) is -0.236. The Morgan fingerprint density at radius 3 is 2.64 bits per heavy atom. The number of aryl methyl sites for hydroxylation is 1. The predicted molar refractivity (Wildman–Crippen MR) is 99.7 cm³/mol. The Morgan fingerprint density at radius 1 is 1.12 bits per heavy atom. The zero-order valence-electron chi connectivity index (χ0n) is 14.2. The summed E-state index contributed by atoms with van der Waals surface area (Å²) >= 11 is 0. The van der Waals surface area contributed by atoms with Crippen molar-refractivity contribution in [3.8, 4) is 0 Å². The molecular formula is C20H21N3O2. The van der Waals surface area contributed by atoms with Crippen LogP contribution in [0.15, 0.2) is 59.5 Å². The molecule has 0 unspecified atom stereocenters. The first-order valence-corrected chi connectivity index (χ1v) is 8.51. The number of hydrogen-bond acceptors (Lipinski definition) is 3. The molecule has 1 aromatic heterocycles. The third-order valence-corrected chi connectivity index (χ3v) is 4.11. The van der Waals surface area contributed by atoms with Crippen molar-refractivity contribution in [1.29, 1.82) is 0 Å². The van der Waals surface area contributed by atoms with Gasteiger partial charge in [0, 0.05) is 5.69 Å². The summed E-state index contributed by atoms with van der Waals surface area (Å²) in [6, 6.07) is 15.1. The fourth-order valence-corrected chi connectivity index (χ4v) is 2.76. The number of fused-ring (bicyclic) bond motifs is 1. The molecule has 3 rings (SSSR count). The highest BCUT2D eigenvalue weighted by atomic mass is 16.2. The van der Waals surface area contributed by atoms with E-state index in [1.54, 1.807) is 6.07 Å². The Kier molecular flexibility index (Phi) is 5.23. The molecule has 0 atom stereocenters. The monoisotopic (exact) mass is 335 g/mol. The molecule has 5 nitrogen and oxygen atoms in total. The van der Waals surface area contributed by atoms with Crippen LogP contribution in [0.4, 0.5) is 5.69 Å². The van der Waals surface area contributed by atoms with Gasteiger partial charge in [0.15, 0.2) is 0 Å². The number of hydrogen-bond donors (Lipinski definition) is 1. The van der Waals surface area contributed by atoms with E-state index in [2.05, 4.69) is 17.2 Å². The first-order valence-electron chi connectivity index (χ1n) is 8.51. The van der Waals surface area contributed by atoms with E-state index in [0.717, 1.165) is 24.9 Å². The molecule has 128 valence electrons. The van der Waals surface area contributed by atoms with Gasteiger partial charge in [0.2, 0.25) is 5.91 Å². The number of carbonyl (C=O) groups excluding carboxylic acids is 1. The number of benzene rings is 2. The van der Waals surface area contributed by atoms with E-state index >= 15 is 0 Å². The molecule has 0 bridgehead atoms. The van der Waals surface area contributed by atoms with Crippen LogP contribution >= 0.6 is 0 Å². The van der Waals surface area contributed by atoms with Crippen LogP contribution in [-0.2, 0) is 17.8 Å². The highest BCUT2D eigenvalue weighted by Gasteiger charge is 2.09. The number of carbonyl (C=O) groups is 1. The molecule has 0 aliphatic heterocycles. The van der Waals surface area contributed by atoms with Gasteiger partial charge in [0.1, 0.15) is 6.54 Å². The molecule has 0 saturated carbocycles. The highest BCUT2D eigenvalue weighted by Crippen LogP contribution is 2.13. The maximum absolute atomic E-state index is 12.3. The second-order valence-electron chi connectivity index (χ2n) is 6.02. The molecule has 1 amide bonds. The summed E-state index contributed by atoms with van der Waals surface area (Å²) in [6.07, 6.45) is 4.61. The van der Waals surface area contributed by atoms with Gasteiger partial charge in [-0.25, -0.2) is 4.98 Å².